The van der Waals surface area contributed by atoms with E-state index in [-0.39, 0.29) is 5.91 Å². The van der Waals surface area contributed by atoms with E-state index in [1.807, 2.05) is 79.7 Å². The van der Waals surface area contributed by atoms with Gasteiger partial charge >= 0.3 is 0 Å². The lowest BCUT2D eigenvalue weighted by atomic mass is 10.1. The van der Waals surface area contributed by atoms with Crippen molar-refractivity contribution in [3.05, 3.63) is 66.2 Å². The second-order valence-corrected chi connectivity index (χ2v) is 6.04. The molecule has 0 spiro atoms. The fraction of sp³-hybridized carbons (Fsp3) is 0.200. The van der Waals surface area contributed by atoms with E-state index in [4.69, 9.17) is 0 Å². The van der Waals surface area contributed by atoms with Crippen molar-refractivity contribution in [1.29, 1.82) is 0 Å². The van der Waals surface area contributed by atoms with Crippen LogP contribution in [0.25, 0.3) is 10.9 Å². The maximum atomic E-state index is 12.4. The molecule has 3 rings (SSSR count). The highest BCUT2D eigenvalue weighted by atomic mass is 16.1. The van der Waals surface area contributed by atoms with Gasteiger partial charge in [-0.2, -0.15) is 0 Å². The number of hydrogen-bond donors (Lipinski definition) is 1. The lowest BCUT2D eigenvalue weighted by Gasteiger charge is -2.11. The zero-order valence-corrected chi connectivity index (χ0v) is 14.0. The van der Waals surface area contributed by atoms with E-state index in [9.17, 15) is 4.79 Å². The van der Waals surface area contributed by atoms with Crippen molar-refractivity contribution in [2.45, 2.75) is 12.8 Å². The number of amides is 1. The first-order valence-corrected chi connectivity index (χ1v) is 8.09. The number of aromatic amines is 1. The summed E-state index contributed by atoms with van der Waals surface area (Å²) in [5.41, 5.74) is 3.01. The van der Waals surface area contributed by atoms with Crippen LogP contribution in [0.5, 0.6) is 0 Å². The van der Waals surface area contributed by atoms with Gasteiger partial charge in [0.05, 0.1) is 25.8 Å². The molecular weight excluding hydrogens is 298 g/mol. The minimum Gasteiger partial charge on any atom is -0.325 e. The summed E-state index contributed by atoms with van der Waals surface area (Å²) in [6.45, 7) is 0. The Balaban J connectivity index is 1.79. The number of nitrogens with one attached hydrogen (secondary N) is 2. The van der Waals surface area contributed by atoms with Crippen LogP contribution >= 0.6 is 0 Å². The number of carbonyl (C=O) groups excluding carboxylic acids is 1. The molecule has 4 heteroatoms. The van der Waals surface area contributed by atoms with Crippen molar-refractivity contribution >= 4 is 28.3 Å². The van der Waals surface area contributed by atoms with Crippen LogP contribution in [0.2, 0.25) is 0 Å². The van der Waals surface area contributed by atoms with Gasteiger partial charge in [-0.25, -0.2) is 4.98 Å². The van der Waals surface area contributed by atoms with E-state index in [2.05, 4.69) is 10.3 Å². The summed E-state index contributed by atoms with van der Waals surface area (Å²) in [5, 5.41) is 4.08. The van der Waals surface area contributed by atoms with Crippen LogP contribution < -0.4 is 15.2 Å². The van der Waals surface area contributed by atoms with E-state index in [0.717, 1.165) is 28.8 Å². The van der Waals surface area contributed by atoms with Gasteiger partial charge in [-0.15, -0.1) is 0 Å². The Kier molecular flexibility index (Phi) is 4.75. The second kappa shape index (κ2) is 7.13. The standard InChI is InChI=1S/C20H21N3O/c1-23(2)19-14-18(16-10-6-7-11-17(16)21-19)22-20(24)13-12-15-8-4-3-5-9-15/h3-11,14H,12-13H2,1-2H3,(H,21,22,24)/p+1. The van der Waals surface area contributed by atoms with Crippen LogP contribution in [0.1, 0.15) is 12.0 Å². The predicted octanol–water partition coefficient (Wildman–Crippen LogP) is 3.29. The molecule has 0 bridgehead atoms. The summed E-state index contributed by atoms with van der Waals surface area (Å²) >= 11 is 0. The Morgan fingerprint density at radius 3 is 2.50 bits per heavy atom. The molecule has 2 aromatic carbocycles. The highest BCUT2D eigenvalue weighted by molar-refractivity contribution is 6.00. The molecule has 1 amide bonds. The summed E-state index contributed by atoms with van der Waals surface area (Å²) in [4.78, 5) is 17.7. The number of aryl methyl sites for hydroxylation is 1. The van der Waals surface area contributed by atoms with Crippen molar-refractivity contribution in [3.63, 3.8) is 0 Å². The van der Waals surface area contributed by atoms with E-state index in [1.54, 1.807) is 0 Å². The Bertz CT molecular complexity index is 844. The molecule has 0 unspecified atom stereocenters. The van der Waals surface area contributed by atoms with Gasteiger partial charge in [-0.1, -0.05) is 42.5 Å². The molecule has 0 atom stereocenters. The monoisotopic (exact) mass is 320 g/mol. The van der Waals surface area contributed by atoms with Crippen LogP contribution in [0.4, 0.5) is 11.5 Å². The van der Waals surface area contributed by atoms with Crippen molar-refractivity contribution in [1.82, 2.24) is 0 Å². The summed E-state index contributed by atoms with van der Waals surface area (Å²) < 4.78 is 0. The lowest BCUT2D eigenvalue weighted by Crippen LogP contribution is -2.22. The van der Waals surface area contributed by atoms with Crippen molar-refractivity contribution < 1.29 is 9.78 Å². The summed E-state index contributed by atoms with van der Waals surface area (Å²) in [5.74, 6) is 0.979. The van der Waals surface area contributed by atoms with Gasteiger partial charge in [0.25, 0.3) is 5.82 Å². The van der Waals surface area contributed by atoms with Crippen molar-refractivity contribution in [2.24, 2.45) is 0 Å². The molecule has 4 nitrogen and oxygen atoms in total. The van der Waals surface area contributed by atoms with E-state index in [1.165, 1.54) is 5.56 Å². The van der Waals surface area contributed by atoms with Gasteiger partial charge in [0.2, 0.25) is 5.91 Å². The lowest BCUT2D eigenvalue weighted by molar-refractivity contribution is -0.329. The molecule has 0 aliphatic rings. The van der Waals surface area contributed by atoms with E-state index < -0.39 is 0 Å². The number of para-hydroxylation sites is 1. The number of pyridine rings is 1. The molecule has 0 aliphatic carbocycles. The normalized spacial score (nSPS) is 10.6. The molecule has 0 saturated heterocycles. The fourth-order valence-electron chi connectivity index (χ4n) is 2.68. The number of carbonyl (C=O) groups is 1. The first-order valence-electron chi connectivity index (χ1n) is 8.09. The van der Waals surface area contributed by atoms with Crippen molar-refractivity contribution in [3.8, 4) is 0 Å². The number of nitrogens with zero attached hydrogens (tertiary/aromatic N) is 1. The minimum absolute atomic E-state index is 0.0277. The smallest absolute Gasteiger partial charge is 0.276 e. The molecule has 0 radical (unpaired) electrons. The zero-order valence-electron chi connectivity index (χ0n) is 14.0. The average molecular weight is 320 g/mol. The predicted molar refractivity (Wildman–Crippen MR) is 98.2 cm³/mol. The van der Waals surface area contributed by atoms with Crippen LogP contribution in [0.15, 0.2) is 60.7 Å². The van der Waals surface area contributed by atoms with Gasteiger partial charge in [0, 0.05) is 11.8 Å². The number of hydrogen-bond acceptors (Lipinski definition) is 2. The third kappa shape index (κ3) is 3.71. The topological polar surface area (TPSA) is 46.5 Å². The molecule has 0 aliphatic heterocycles. The van der Waals surface area contributed by atoms with Crippen LogP contribution in [0, 0.1) is 0 Å². The van der Waals surface area contributed by atoms with Gasteiger partial charge in [0.15, 0.2) is 0 Å². The van der Waals surface area contributed by atoms with Crippen molar-refractivity contribution in [2.75, 3.05) is 24.3 Å². The number of benzene rings is 2. The maximum absolute atomic E-state index is 12.4. The van der Waals surface area contributed by atoms with Crippen LogP contribution in [-0.2, 0) is 11.2 Å². The molecular formula is C20H22N3O+. The van der Waals surface area contributed by atoms with Gasteiger partial charge in [-0.3, -0.25) is 9.69 Å². The Labute approximate surface area is 142 Å². The van der Waals surface area contributed by atoms with E-state index in [0.29, 0.717) is 6.42 Å². The van der Waals surface area contributed by atoms with Gasteiger partial charge < -0.3 is 5.32 Å². The minimum atomic E-state index is 0.0277. The van der Waals surface area contributed by atoms with Crippen LogP contribution in [0.3, 0.4) is 0 Å². The Morgan fingerprint density at radius 1 is 1.04 bits per heavy atom. The molecule has 2 N–H and O–H groups in total. The van der Waals surface area contributed by atoms with Gasteiger partial charge in [0.1, 0.15) is 5.52 Å². The third-order valence-corrected chi connectivity index (χ3v) is 4.00. The number of rotatable bonds is 5. The molecule has 0 fully saturated rings. The molecule has 122 valence electrons. The maximum Gasteiger partial charge on any atom is 0.276 e. The fourth-order valence-corrected chi connectivity index (χ4v) is 2.68. The molecule has 1 heterocycles. The Hall–Kier alpha value is -2.88. The Morgan fingerprint density at radius 2 is 1.75 bits per heavy atom. The summed E-state index contributed by atoms with van der Waals surface area (Å²) in [7, 11) is 3.95. The molecule has 3 aromatic rings. The van der Waals surface area contributed by atoms with Gasteiger partial charge in [-0.05, 0) is 24.1 Å². The molecule has 24 heavy (non-hydrogen) atoms. The van der Waals surface area contributed by atoms with Crippen LogP contribution in [-0.4, -0.2) is 20.0 Å². The largest absolute Gasteiger partial charge is 0.325 e. The third-order valence-electron chi connectivity index (χ3n) is 4.00. The molecule has 0 saturated carbocycles. The quantitative estimate of drug-likeness (QED) is 0.784. The average Bonchev–Trinajstić information content (AvgIpc) is 2.60. The number of anilines is 2. The first kappa shape index (κ1) is 16.0. The number of aromatic nitrogens is 1. The summed E-state index contributed by atoms with van der Waals surface area (Å²) in [6, 6.07) is 20.0. The first-order chi connectivity index (χ1) is 11.6. The summed E-state index contributed by atoms with van der Waals surface area (Å²) in [6.07, 6.45) is 1.21. The highest BCUT2D eigenvalue weighted by Crippen LogP contribution is 2.23. The second-order valence-electron chi connectivity index (χ2n) is 6.04. The zero-order chi connectivity index (χ0) is 16.9. The SMILES string of the molecule is CN(C)c1cc(NC(=O)CCc2ccccc2)c2ccccc2[nH+]1. The number of fused-ring (bicyclic) bond motifs is 1. The molecule has 1 aromatic heterocycles. The number of H-pyrrole nitrogens is 1. The van der Waals surface area contributed by atoms with E-state index >= 15 is 0 Å². The highest BCUT2D eigenvalue weighted by Gasteiger charge is 2.13.